The van der Waals surface area contributed by atoms with Gasteiger partial charge in [0.05, 0.1) is 5.02 Å². The molecule has 0 bridgehead atoms. The van der Waals surface area contributed by atoms with Crippen molar-refractivity contribution in [2.75, 3.05) is 7.05 Å². The Labute approximate surface area is 122 Å². The molecule has 0 saturated carbocycles. The lowest BCUT2D eigenvalue weighted by molar-refractivity contribution is 0.551. The van der Waals surface area contributed by atoms with Crippen LogP contribution >= 0.6 is 11.6 Å². The summed E-state index contributed by atoms with van der Waals surface area (Å²) in [4.78, 5) is 0. The van der Waals surface area contributed by atoms with Crippen LogP contribution in [0.4, 0.5) is 8.78 Å². The predicted molar refractivity (Wildman–Crippen MR) is 78.1 cm³/mol. The molecule has 2 rings (SSSR count). The van der Waals surface area contributed by atoms with Gasteiger partial charge < -0.3 is 5.32 Å². The Hall–Kier alpha value is -1.45. The zero-order chi connectivity index (χ0) is 14.5. The first kappa shape index (κ1) is 14.9. The highest BCUT2D eigenvalue weighted by atomic mass is 35.5. The molecule has 0 radical (unpaired) electrons. The summed E-state index contributed by atoms with van der Waals surface area (Å²) in [5.41, 5.74) is 1.88. The van der Waals surface area contributed by atoms with Gasteiger partial charge in [-0.25, -0.2) is 8.78 Å². The quantitative estimate of drug-likeness (QED) is 0.879. The van der Waals surface area contributed by atoms with Crippen molar-refractivity contribution in [1.29, 1.82) is 0 Å². The molecule has 20 heavy (non-hydrogen) atoms. The highest BCUT2D eigenvalue weighted by Crippen LogP contribution is 2.18. The number of nitrogens with one attached hydrogen (secondary N) is 1. The van der Waals surface area contributed by atoms with Crippen LogP contribution in [0, 0.1) is 11.6 Å². The second-order valence-electron chi connectivity index (χ2n) is 4.77. The highest BCUT2D eigenvalue weighted by Gasteiger charge is 2.10. The summed E-state index contributed by atoms with van der Waals surface area (Å²) in [6.07, 6.45) is 1.40. The van der Waals surface area contributed by atoms with E-state index < -0.39 is 5.82 Å². The molecule has 0 saturated heterocycles. The Morgan fingerprint density at radius 3 is 2.35 bits per heavy atom. The van der Waals surface area contributed by atoms with Crippen LogP contribution in [0.5, 0.6) is 0 Å². The maximum atomic E-state index is 13.2. The fourth-order valence-electron chi connectivity index (χ4n) is 2.18. The third kappa shape index (κ3) is 4.02. The highest BCUT2D eigenvalue weighted by molar-refractivity contribution is 6.30. The van der Waals surface area contributed by atoms with Gasteiger partial charge in [0.25, 0.3) is 0 Å². The van der Waals surface area contributed by atoms with E-state index in [4.69, 9.17) is 11.6 Å². The Bertz CT molecular complexity index is 586. The maximum Gasteiger partial charge on any atom is 0.141 e. The number of rotatable bonds is 5. The second-order valence-corrected chi connectivity index (χ2v) is 5.18. The average molecular weight is 296 g/mol. The molecular formula is C16H16ClF2N. The van der Waals surface area contributed by atoms with Crippen LogP contribution in [0.25, 0.3) is 0 Å². The topological polar surface area (TPSA) is 12.0 Å². The van der Waals surface area contributed by atoms with Gasteiger partial charge in [0.1, 0.15) is 11.6 Å². The van der Waals surface area contributed by atoms with Gasteiger partial charge in [-0.2, -0.15) is 0 Å². The van der Waals surface area contributed by atoms with Crippen molar-refractivity contribution in [3.63, 3.8) is 0 Å². The molecule has 0 fully saturated rings. The fourth-order valence-corrected chi connectivity index (χ4v) is 2.38. The van der Waals surface area contributed by atoms with Crippen molar-refractivity contribution in [3.8, 4) is 0 Å². The molecule has 2 aromatic rings. The predicted octanol–water partition coefficient (Wildman–Crippen LogP) is 3.99. The average Bonchev–Trinajstić information content (AvgIpc) is 2.42. The summed E-state index contributed by atoms with van der Waals surface area (Å²) in [7, 11) is 1.86. The summed E-state index contributed by atoms with van der Waals surface area (Å²) in [5.74, 6) is -0.649. The van der Waals surface area contributed by atoms with E-state index in [1.54, 1.807) is 18.2 Å². The van der Waals surface area contributed by atoms with E-state index in [0.717, 1.165) is 11.1 Å². The molecule has 106 valence electrons. The molecule has 0 aliphatic rings. The molecule has 0 aliphatic heterocycles. The van der Waals surface area contributed by atoms with E-state index in [9.17, 15) is 8.78 Å². The molecular weight excluding hydrogens is 280 g/mol. The van der Waals surface area contributed by atoms with Crippen molar-refractivity contribution >= 4 is 11.6 Å². The molecule has 0 heterocycles. The molecule has 4 heteroatoms. The van der Waals surface area contributed by atoms with Crippen molar-refractivity contribution in [3.05, 3.63) is 70.2 Å². The van der Waals surface area contributed by atoms with Crippen LogP contribution in [0.3, 0.4) is 0 Å². The van der Waals surface area contributed by atoms with Crippen molar-refractivity contribution < 1.29 is 8.78 Å². The lowest BCUT2D eigenvalue weighted by Crippen LogP contribution is -2.29. The minimum atomic E-state index is -0.415. The van der Waals surface area contributed by atoms with E-state index in [1.165, 1.54) is 18.2 Å². The monoisotopic (exact) mass is 295 g/mol. The van der Waals surface area contributed by atoms with E-state index in [0.29, 0.717) is 12.8 Å². The molecule has 0 aromatic heterocycles. The largest absolute Gasteiger partial charge is 0.316 e. The smallest absolute Gasteiger partial charge is 0.141 e. The van der Waals surface area contributed by atoms with Gasteiger partial charge in [-0.1, -0.05) is 29.8 Å². The zero-order valence-corrected chi connectivity index (χ0v) is 11.9. The minimum Gasteiger partial charge on any atom is -0.316 e. The van der Waals surface area contributed by atoms with E-state index >= 15 is 0 Å². The summed E-state index contributed by atoms with van der Waals surface area (Å²) in [6, 6.07) is 11.4. The van der Waals surface area contributed by atoms with Crippen LogP contribution in [-0.4, -0.2) is 13.1 Å². The normalized spacial score (nSPS) is 12.4. The summed E-state index contributed by atoms with van der Waals surface area (Å²) >= 11 is 5.78. The lowest BCUT2D eigenvalue weighted by atomic mass is 9.99. The standard InChI is InChI=1S/C16H16ClF2N/c1-20-14(8-11-3-2-4-13(18)7-11)9-12-5-6-16(19)15(17)10-12/h2-7,10,14,20H,8-9H2,1H3. The molecule has 1 N–H and O–H groups in total. The molecule has 1 nitrogen and oxygen atoms in total. The molecule has 0 aliphatic carbocycles. The van der Waals surface area contributed by atoms with Gasteiger partial charge in [-0.05, 0) is 55.3 Å². The van der Waals surface area contributed by atoms with Gasteiger partial charge >= 0.3 is 0 Å². The van der Waals surface area contributed by atoms with Crippen LogP contribution in [0.2, 0.25) is 5.02 Å². The van der Waals surface area contributed by atoms with Gasteiger partial charge in [-0.15, -0.1) is 0 Å². The van der Waals surface area contributed by atoms with Crippen molar-refractivity contribution in [2.45, 2.75) is 18.9 Å². The first-order valence-corrected chi connectivity index (χ1v) is 6.82. The van der Waals surface area contributed by atoms with Gasteiger partial charge in [0.15, 0.2) is 0 Å². The molecule has 2 aromatic carbocycles. The van der Waals surface area contributed by atoms with Crippen LogP contribution in [0.15, 0.2) is 42.5 Å². The lowest BCUT2D eigenvalue weighted by Gasteiger charge is -2.16. The minimum absolute atomic E-state index is 0.128. The zero-order valence-electron chi connectivity index (χ0n) is 11.2. The molecule has 1 unspecified atom stereocenters. The van der Waals surface area contributed by atoms with Crippen LogP contribution < -0.4 is 5.32 Å². The van der Waals surface area contributed by atoms with Gasteiger partial charge in [0.2, 0.25) is 0 Å². The number of likely N-dealkylation sites (N-methyl/N-ethyl adjacent to an activating group) is 1. The maximum absolute atomic E-state index is 13.2. The Kier molecular flexibility index (Phi) is 5.10. The molecule has 0 amide bonds. The summed E-state index contributed by atoms with van der Waals surface area (Å²) < 4.78 is 26.3. The van der Waals surface area contributed by atoms with E-state index in [2.05, 4.69) is 5.32 Å². The third-order valence-electron chi connectivity index (χ3n) is 3.25. The van der Waals surface area contributed by atoms with Gasteiger partial charge in [-0.3, -0.25) is 0 Å². The summed E-state index contributed by atoms with van der Waals surface area (Å²) in [6.45, 7) is 0. The molecule has 1 atom stereocenters. The summed E-state index contributed by atoms with van der Waals surface area (Å²) in [5, 5.41) is 3.32. The first-order chi connectivity index (χ1) is 9.58. The molecule has 0 spiro atoms. The Morgan fingerprint density at radius 2 is 1.75 bits per heavy atom. The van der Waals surface area contributed by atoms with Crippen molar-refractivity contribution in [2.24, 2.45) is 0 Å². The van der Waals surface area contributed by atoms with E-state index in [-0.39, 0.29) is 16.9 Å². The van der Waals surface area contributed by atoms with Gasteiger partial charge in [0, 0.05) is 6.04 Å². The number of halogens is 3. The Morgan fingerprint density at radius 1 is 1.05 bits per heavy atom. The number of benzene rings is 2. The first-order valence-electron chi connectivity index (χ1n) is 6.44. The second kappa shape index (κ2) is 6.82. The fraction of sp³-hybridized carbons (Fsp3) is 0.250. The number of hydrogen-bond donors (Lipinski definition) is 1. The van der Waals surface area contributed by atoms with Crippen LogP contribution in [0.1, 0.15) is 11.1 Å². The van der Waals surface area contributed by atoms with Crippen LogP contribution in [-0.2, 0) is 12.8 Å². The third-order valence-corrected chi connectivity index (χ3v) is 3.54. The Balaban J connectivity index is 2.07. The number of hydrogen-bond acceptors (Lipinski definition) is 1. The SMILES string of the molecule is CNC(Cc1cccc(F)c1)Cc1ccc(F)c(Cl)c1. The van der Waals surface area contributed by atoms with E-state index in [1.807, 2.05) is 13.1 Å². The van der Waals surface area contributed by atoms with Crippen molar-refractivity contribution in [1.82, 2.24) is 5.32 Å².